The van der Waals surface area contributed by atoms with Crippen LogP contribution in [0.4, 0.5) is 11.4 Å². The number of rotatable bonds is 3. The zero-order valence-electron chi connectivity index (χ0n) is 11.3. The molecule has 1 aromatic rings. The third-order valence-electron chi connectivity index (χ3n) is 4.25. The molecule has 1 aliphatic carbocycles. The van der Waals surface area contributed by atoms with Crippen molar-refractivity contribution >= 4 is 17.3 Å². The second kappa shape index (κ2) is 5.01. The molecule has 0 bridgehead atoms. The summed E-state index contributed by atoms with van der Waals surface area (Å²) < 4.78 is 0. The van der Waals surface area contributed by atoms with E-state index in [0.29, 0.717) is 0 Å². The summed E-state index contributed by atoms with van der Waals surface area (Å²) in [6.07, 6.45) is 5.30. The summed E-state index contributed by atoms with van der Waals surface area (Å²) >= 11 is 0. The van der Waals surface area contributed by atoms with Crippen LogP contribution in [-0.2, 0) is 4.79 Å². The molecule has 3 nitrogen and oxygen atoms in total. The quantitative estimate of drug-likeness (QED) is 0.802. The van der Waals surface area contributed by atoms with E-state index in [1.165, 1.54) is 12.8 Å². The molecule has 0 atom stereocenters. The summed E-state index contributed by atoms with van der Waals surface area (Å²) in [5.41, 5.74) is 8.26. The lowest BCUT2D eigenvalue weighted by Crippen LogP contribution is -2.33. The molecule has 0 aliphatic heterocycles. The Bertz CT molecular complexity index is 448. The van der Waals surface area contributed by atoms with Crippen LogP contribution in [-0.4, -0.2) is 5.91 Å². The molecule has 0 unspecified atom stereocenters. The maximum absolute atomic E-state index is 12.4. The van der Waals surface area contributed by atoms with E-state index < -0.39 is 0 Å². The second-order valence-corrected chi connectivity index (χ2v) is 5.37. The summed E-state index contributed by atoms with van der Waals surface area (Å²) in [6.45, 7) is 4.06. The largest absolute Gasteiger partial charge is 0.399 e. The number of nitrogens with two attached hydrogens (primary N) is 1. The van der Waals surface area contributed by atoms with Crippen molar-refractivity contribution in [2.45, 2.75) is 46.0 Å². The van der Waals surface area contributed by atoms with Crippen LogP contribution in [0.2, 0.25) is 0 Å². The van der Waals surface area contributed by atoms with E-state index >= 15 is 0 Å². The number of hydrogen-bond acceptors (Lipinski definition) is 2. The van der Waals surface area contributed by atoms with Gasteiger partial charge in [-0.05, 0) is 49.9 Å². The van der Waals surface area contributed by atoms with Crippen LogP contribution in [0.5, 0.6) is 0 Å². The highest BCUT2D eigenvalue weighted by Crippen LogP contribution is 2.41. The molecule has 18 heavy (non-hydrogen) atoms. The first-order valence-corrected chi connectivity index (χ1v) is 6.75. The molecule has 0 aromatic heterocycles. The predicted molar refractivity (Wildman–Crippen MR) is 75.4 cm³/mol. The number of aryl methyl sites for hydroxylation is 1. The van der Waals surface area contributed by atoms with Crippen molar-refractivity contribution in [3.8, 4) is 0 Å². The van der Waals surface area contributed by atoms with Gasteiger partial charge in [0.15, 0.2) is 0 Å². The molecule has 0 saturated heterocycles. The van der Waals surface area contributed by atoms with E-state index in [9.17, 15) is 4.79 Å². The van der Waals surface area contributed by atoms with Crippen LogP contribution in [0.15, 0.2) is 18.2 Å². The third-order valence-corrected chi connectivity index (χ3v) is 4.25. The van der Waals surface area contributed by atoms with E-state index in [4.69, 9.17) is 5.73 Å². The monoisotopic (exact) mass is 246 g/mol. The van der Waals surface area contributed by atoms with Crippen molar-refractivity contribution in [1.82, 2.24) is 0 Å². The molecule has 1 saturated carbocycles. The van der Waals surface area contributed by atoms with Gasteiger partial charge in [-0.15, -0.1) is 0 Å². The first-order valence-electron chi connectivity index (χ1n) is 6.75. The standard InChI is InChI=1S/C15H22N2O/c1-3-15(8-4-5-9-15)14(18)17-12-6-7-13(16)11(2)10-12/h6-7,10H,3-5,8-9,16H2,1-2H3,(H,17,18). The smallest absolute Gasteiger partial charge is 0.230 e. The number of carbonyl (C=O) groups excluding carboxylic acids is 1. The Labute approximate surface area is 109 Å². The summed E-state index contributed by atoms with van der Waals surface area (Å²) in [7, 11) is 0. The van der Waals surface area contributed by atoms with Gasteiger partial charge in [-0.3, -0.25) is 4.79 Å². The number of benzene rings is 1. The van der Waals surface area contributed by atoms with Crippen molar-refractivity contribution in [2.75, 3.05) is 11.1 Å². The highest BCUT2D eigenvalue weighted by atomic mass is 16.2. The number of nitrogens with one attached hydrogen (secondary N) is 1. The fraction of sp³-hybridized carbons (Fsp3) is 0.533. The minimum absolute atomic E-state index is 0.144. The van der Waals surface area contributed by atoms with Crippen LogP contribution >= 0.6 is 0 Å². The lowest BCUT2D eigenvalue weighted by atomic mass is 9.82. The fourth-order valence-electron chi connectivity index (χ4n) is 2.81. The van der Waals surface area contributed by atoms with Gasteiger partial charge in [-0.1, -0.05) is 19.8 Å². The average Bonchev–Trinajstić information content (AvgIpc) is 2.84. The molecule has 1 aromatic carbocycles. The van der Waals surface area contributed by atoms with Crippen LogP contribution in [0.1, 0.15) is 44.6 Å². The second-order valence-electron chi connectivity index (χ2n) is 5.37. The highest BCUT2D eigenvalue weighted by molar-refractivity contribution is 5.95. The van der Waals surface area contributed by atoms with E-state index in [1.54, 1.807) is 0 Å². The van der Waals surface area contributed by atoms with Crippen molar-refractivity contribution in [1.29, 1.82) is 0 Å². The summed E-state index contributed by atoms with van der Waals surface area (Å²) in [5, 5.41) is 3.05. The Morgan fingerprint density at radius 1 is 1.39 bits per heavy atom. The number of anilines is 2. The van der Waals surface area contributed by atoms with Gasteiger partial charge in [-0.25, -0.2) is 0 Å². The van der Waals surface area contributed by atoms with Crippen molar-refractivity contribution in [2.24, 2.45) is 5.41 Å². The minimum Gasteiger partial charge on any atom is -0.399 e. The molecule has 1 fully saturated rings. The molecule has 3 N–H and O–H groups in total. The molecular formula is C15H22N2O. The fourth-order valence-corrected chi connectivity index (χ4v) is 2.81. The van der Waals surface area contributed by atoms with Gasteiger partial charge in [0.25, 0.3) is 0 Å². The topological polar surface area (TPSA) is 55.1 Å². The van der Waals surface area contributed by atoms with Gasteiger partial charge in [0.1, 0.15) is 0 Å². The summed E-state index contributed by atoms with van der Waals surface area (Å²) in [4.78, 5) is 12.4. The first kappa shape index (κ1) is 12.9. The minimum atomic E-state index is -0.144. The van der Waals surface area contributed by atoms with Crippen molar-refractivity contribution in [3.05, 3.63) is 23.8 Å². The first-order chi connectivity index (χ1) is 8.57. The highest BCUT2D eigenvalue weighted by Gasteiger charge is 2.39. The normalized spacial score (nSPS) is 17.7. The molecule has 0 radical (unpaired) electrons. The summed E-state index contributed by atoms with van der Waals surface area (Å²) in [5.74, 6) is 0.173. The van der Waals surface area contributed by atoms with Crippen molar-refractivity contribution in [3.63, 3.8) is 0 Å². The molecule has 0 spiro atoms. The lowest BCUT2D eigenvalue weighted by Gasteiger charge is -2.26. The van der Waals surface area contributed by atoms with Gasteiger partial charge in [0, 0.05) is 16.8 Å². The molecular weight excluding hydrogens is 224 g/mol. The molecule has 2 rings (SSSR count). The maximum atomic E-state index is 12.4. The molecule has 1 amide bonds. The SMILES string of the molecule is CCC1(C(=O)Nc2ccc(N)c(C)c2)CCCC1. The van der Waals surface area contributed by atoms with E-state index in [-0.39, 0.29) is 11.3 Å². The third kappa shape index (κ3) is 2.35. The average molecular weight is 246 g/mol. The summed E-state index contributed by atoms with van der Waals surface area (Å²) in [6, 6.07) is 5.66. The van der Waals surface area contributed by atoms with Crippen LogP contribution in [0, 0.1) is 12.3 Å². The van der Waals surface area contributed by atoms with Crippen LogP contribution in [0.25, 0.3) is 0 Å². The van der Waals surface area contributed by atoms with Gasteiger partial charge in [0.2, 0.25) is 5.91 Å². The Kier molecular flexibility index (Phi) is 3.60. The molecule has 98 valence electrons. The van der Waals surface area contributed by atoms with Crippen LogP contribution < -0.4 is 11.1 Å². The maximum Gasteiger partial charge on any atom is 0.230 e. The Hall–Kier alpha value is -1.51. The Balaban J connectivity index is 2.13. The zero-order valence-corrected chi connectivity index (χ0v) is 11.3. The predicted octanol–water partition coefficient (Wildman–Crippen LogP) is 3.49. The van der Waals surface area contributed by atoms with E-state index in [0.717, 1.165) is 36.2 Å². The molecule has 3 heteroatoms. The van der Waals surface area contributed by atoms with Gasteiger partial charge >= 0.3 is 0 Å². The molecule has 1 aliphatic rings. The van der Waals surface area contributed by atoms with Gasteiger partial charge in [0.05, 0.1) is 0 Å². The zero-order chi connectivity index (χ0) is 13.2. The Morgan fingerprint density at radius 2 is 2.06 bits per heavy atom. The number of amides is 1. The number of carbonyl (C=O) groups is 1. The van der Waals surface area contributed by atoms with Crippen LogP contribution in [0.3, 0.4) is 0 Å². The van der Waals surface area contributed by atoms with Gasteiger partial charge in [-0.2, -0.15) is 0 Å². The molecule has 0 heterocycles. The van der Waals surface area contributed by atoms with Crippen molar-refractivity contribution < 1.29 is 4.79 Å². The van der Waals surface area contributed by atoms with Gasteiger partial charge < -0.3 is 11.1 Å². The Morgan fingerprint density at radius 3 is 2.61 bits per heavy atom. The lowest BCUT2D eigenvalue weighted by molar-refractivity contribution is -0.125. The van der Waals surface area contributed by atoms with E-state index in [1.807, 2.05) is 25.1 Å². The van der Waals surface area contributed by atoms with E-state index in [2.05, 4.69) is 12.2 Å². The number of nitrogen functional groups attached to an aromatic ring is 1. The number of hydrogen-bond donors (Lipinski definition) is 2.